The van der Waals surface area contributed by atoms with Crippen molar-refractivity contribution in [2.45, 2.75) is 32.6 Å². The minimum absolute atomic E-state index is 0.188. The average Bonchev–Trinajstić information content (AvgIpc) is 3.07. The number of aromatic nitrogens is 4. The van der Waals surface area contributed by atoms with E-state index in [9.17, 15) is 9.59 Å². The highest BCUT2D eigenvalue weighted by atomic mass is 16.2. The third-order valence-electron chi connectivity index (χ3n) is 3.07. The van der Waals surface area contributed by atoms with Gasteiger partial charge in [-0.1, -0.05) is 19.8 Å². The molecule has 1 heterocycles. The van der Waals surface area contributed by atoms with Crippen molar-refractivity contribution < 1.29 is 9.59 Å². The van der Waals surface area contributed by atoms with E-state index in [2.05, 4.69) is 33.3 Å². The van der Waals surface area contributed by atoms with Gasteiger partial charge in [0.15, 0.2) is 0 Å². The van der Waals surface area contributed by atoms with Gasteiger partial charge in [-0.15, -0.1) is 5.10 Å². The molecular weight excluding hydrogens is 284 g/mol. The molecule has 116 valence electrons. The van der Waals surface area contributed by atoms with E-state index in [0.717, 1.165) is 24.9 Å². The van der Waals surface area contributed by atoms with E-state index in [4.69, 9.17) is 0 Å². The Balaban J connectivity index is 1.84. The van der Waals surface area contributed by atoms with Crippen LogP contribution in [-0.4, -0.2) is 32.0 Å². The van der Waals surface area contributed by atoms with E-state index in [1.54, 1.807) is 24.3 Å². The first kappa shape index (κ1) is 15.6. The molecule has 0 saturated heterocycles. The van der Waals surface area contributed by atoms with Gasteiger partial charge in [0.05, 0.1) is 5.69 Å². The van der Waals surface area contributed by atoms with Crippen LogP contribution in [0.5, 0.6) is 0 Å². The number of hydrogen-bond donors (Lipinski definition) is 2. The van der Waals surface area contributed by atoms with Gasteiger partial charge >= 0.3 is 0 Å². The summed E-state index contributed by atoms with van der Waals surface area (Å²) in [6.45, 7) is 2.07. The lowest BCUT2D eigenvalue weighted by molar-refractivity contribution is -0.121. The number of hydrazine groups is 1. The van der Waals surface area contributed by atoms with Crippen LogP contribution in [0.25, 0.3) is 5.69 Å². The summed E-state index contributed by atoms with van der Waals surface area (Å²) in [5.74, 6) is -0.556. The number of benzene rings is 1. The zero-order valence-electron chi connectivity index (χ0n) is 12.3. The standard InChI is InChI=1S/C14H18N6O2/c1-2-3-4-5-13(21)16-17-14(22)11-6-8-12(9-7-11)20-10-15-18-19-20/h6-10H,2-5H2,1H3,(H,16,21)(H,17,22). The van der Waals surface area contributed by atoms with Gasteiger partial charge in [0.1, 0.15) is 6.33 Å². The highest BCUT2D eigenvalue weighted by Crippen LogP contribution is 2.07. The van der Waals surface area contributed by atoms with Crippen LogP contribution in [-0.2, 0) is 4.79 Å². The molecule has 0 saturated carbocycles. The highest BCUT2D eigenvalue weighted by molar-refractivity contribution is 5.95. The van der Waals surface area contributed by atoms with Gasteiger partial charge < -0.3 is 0 Å². The van der Waals surface area contributed by atoms with Gasteiger partial charge in [-0.2, -0.15) is 0 Å². The number of carbonyl (C=O) groups excluding carboxylic acids is 2. The summed E-state index contributed by atoms with van der Waals surface area (Å²) < 4.78 is 1.48. The highest BCUT2D eigenvalue weighted by Gasteiger charge is 2.07. The van der Waals surface area contributed by atoms with Crippen molar-refractivity contribution in [2.75, 3.05) is 0 Å². The van der Waals surface area contributed by atoms with E-state index >= 15 is 0 Å². The molecule has 8 heteroatoms. The maximum atomic E-state index is 11.9. The molecular formula is C14H18N6O2. The first-order valence-corrected chi connectivity index (χ1v) is 7.13. The number of amides is 2. The minimum Gasteiger partial charge on any atom is -0.273 e. The first-order valence-electron chi connectivity index (χ1n) is 7.13. The van der Waals surface area contributed by atoms with Crippen LogP contribution in [0.15, 0.2) is 30.6 Å². The van der Waals surface area contributed by atoms with Gasteiger partial charge in [-0.05, 0) is 41.1 Å². The second kappa shape index (κ2) is 7.87. The van der Waals surface area contributed by atoms with Crippen LogP contribution in [0.3, 0.4) is 0 Å². The molecule has 0 aliphatic carbocycles. The fourth-order valence-corrected chi connectivity index (χ4v) is 1.84. The lowest BCUT2D eigenvalue weighted by atomic mass is 10.2. The number of nitrogens with one attached hydrogen (secondary N) is 2. The van der Waals surface area contributed by atoms with Crippen LogP contribution in [0.4, 0.5) is 0 Å². The second-order valence-corrected chi connectivity index (χ2v) is 4.76. The summed E-state index contributed by atoms with van der Waals surface area (Å²) in [6.07, 6.45) is 4.74. The number of nitrogens with zero attached hydrogens (tertiary/aromatic N) is 4. The van der Waals surface area contributed by atoms with Crippen molar-refractivity contribution in [1.29, 1.82) is 0 Å². The summed E-state index contributed by atoms with van der Waals surface area (Å²) in [5.41, 5.74) is 5.98. The molecule has 0 atom stereocenters. The summed E-state index contributed by atoms with van der Waals surface area (Å²) in [5, 5.41) is 10.8. The fourth-order valence-electron chi connectivity index (χ4n) is 1.84. The van der Waals surface area contributed by atoms with Crippen LogP contribution in [0.2, 0.25) is 0 Å². The van der Waals surface area contributed by atoms with Gasteiger partial charge in [-0.25, -0.2) is 4.68 Å². The Morgan fingerprint density at radius 3 is 2.55 bits per heavy atom. The monoisotopic (exact) mass is 302 g/mol. The molecule has 0 radical (unpaired) electrons. The van der Waals surface area contributed by atoms with Crippen molar-refractivity contribution in [1.82, 2.24) is 31.1 Å². The van der Waals surface area contributed by atoms with Crippen molar-refractivity contribution in [3.8, 4) is 5.69 Å². The van der Waals surface area contributed by atoms with Crippen LogP contribution < -0.4 is 10.9 Å². The predicted octanol–water partition coefficient (Wildman–Crippen LogP) is 1.00. The second-order valence-electron chi connectivity index (χ2n) is 4.76. The molecule has 1 aromatic carbocycles. The Hall–Kier alpha value is -2.77. The lowest BCUT2D eigenvalue weighted by Crippen LogP contribution is -2.41. The maximum Gasteiger partial charge on any atom is 0.269 e. The smallest absolute Gasteiger partial charge is 0.269 e. The van der Waals surface area contributed by atoms with E-state index in [-0.39, 0.29) is 11.8 Å². The SMILES string of the molecule is CCCCCC(=O)NNC(=O)c1ccc(-n2cnnn2)cc1. The molecule has 1 aromatic heterocycles. The number of unbranched alkanes of at least 4 members (excludes halogenated alkanes) is 2. The van der Waals surface area contributed by atoms with E-state index in [0.29, 0.717) is 12.0 Å². The number of carbonyl (C=O) groups is 2. The predicted molar refractivity (Wildman–Crippen MR) is 78.9 cm³/mol. The van der Waals surface area contributed by atoms with Gasteiger partial charge in [0.25, 0.3) is 5.91 Å². The van der Waals surface area contributed by atoms with E-state index in [1.807, 2.05) is 0 Å². The molecule has 0 spiro atoms. The molecule has 2 N–H and O–H groups in total. The largest absolute Gasteiger partial charge is 0.273 e. The summed E-state index contributed by atoms with van der Waals surface area (Å²) in [7, 11) is 0. The Bertz CT molecular complexity index is 609. The van der Waals surface area contributed by atoms with E-state index < -0.39 is 0 Å². The molecule has 0 unspecified atom stereocenters. The normalized spacial score (nSPS) is 10.2. The van der Waals surface area contributed by atoms with Crippen molar-refractivity contribution in [3.05, 3.63) is 36.2 Å². The van der Waals surface area contributed by atoms with E-state index in [1.165, 1.54) is 11.0 Å². The Kier molecular flexibility index (Phi) is 5.58. The molecule has 0 fully saturated rings. The molecule has 0 aliphatic rings. The Morgan fingerprint density at radius 2 is 1.91 bits per heavy atom. The maximum absolute atomic E-state index is 11.9. The molecule has 0 bridgehead atoms. The van der Waals surface area contributed by atoms with Gasteiger partial charge in [0.2, 0.25) is 5.91 Å². The Labute approximate surface area is 127 Å². The first-order chi connectivity index (χ1) is 10.7. The van der Waals surface area contributed by atoms with Crippen LogP contribution >= 0.6 is 0 Å². The molecule has 2 rings (SSSR count). The van der Waals surface area contributed by atoms with Gasteiger partial charge in [0, 0.05) is 12.0 Å². The zero-order valence-corrected chi connectivity index (χ0v) is 12.3. The Morgan fingerprint density at radius 1 is 1.14 bits per heavy atom. The molecule has 2 aromatic rings. The van der Waals surface area contributed by atoms with Crippen LogP contribution in [0.1, 0.15) is 43.0 Å². The van der Waals surface area contributed by atoms with Crippen molar-refractivity contribution >= 4 is 11.8 Å². The van der Waals surface area contributed by atoms with Crippen molar-refractivity contribution in [3.63, 3.8) is 0 Å². The summed E-state index contributed by atoms with van der Waals surface area (Å²) in [4.78, 5) is 23.4. The van der Waals surface area contributed by atoms with Crippen molar-refractivity contribution in [2.24, 2.45) is 0 Å². The van der Waals surface area contributed by atoms with Crippen LogP contribution in [0, 0.1) is 0 Å². The summed E-state index contributed by atoms with van der Waals surface area (Å²) in [6, 6.07) is 6.70. The number of rotatable bonds is 6. The molecule has 8 nitrogen and oxygen atoms in total. The number of tetrazole rings is 1. The van der Waals surface area contributed by atoms with Gasteiger partial charge in [-0.3, -0.25) is 20.4 Å². The summed E-state index contributed by atoms with van der Waals surface area (Å²) >= 11 is 0. The topological polar surface area (TPSA) is 102 Å². The molecule has 2 amide bonds. The fraction of sp³-hybridized carbons (Fsp3) is 0.357. The molecule has 22 heavy (non-hydrogen) atoms. The third-order valence-corrected chi connectivity index (χ3v) is 3.07. The minimum atomic E-state index is -0.368. The average molecular weight is 302 g/mol. The lowest BCUT2D eigenvalue weighted by Gasteiger charge is -2.07. The zero-order chi connectivity index (χ0) is 15.8. The third kappa shape index (κ3) is 4.37. The number of hydrogen-bond acceptors (Lipinski definition) is 5. The molecule has 0 aliphatic heterocycles. The quantitative estimate of drug-likeness (QED) is 0.612.